The summed E-state index contributed by atoms with van der Waals surface area (Å²) in [5.41, 5.74) is 1.28. The molecule has 0 radical (unpaired) electrons. The lowest BCUT2D eigenvalue weighted by Gasteiger charge is -2.36. The van der Waals surface area contributed by atoms with E-state index in [1.807, 2.05) is 18.2 Å². The normalized spacial score (nSPS) is 20.3. The summed E-state index contributed by atoms with van der Waals surface area (Å²) in [4.78, 5) is 14.4. The van der Waals surface area contributed by atoms with Gasteiger partial charge in [-0.3, -0.25) is 0 Å². The van der Waals surface area contributed by atoms with Gasteiger partial charge in [0.05, 0.1) is 5.60 Å². The van der Waals surface area contributed by atoms with Crippen LogP contribution in [0.15, 0.2) is 24.3 Å². The van der Waals surface area contributed by atoms with E-state index in [-0.39, 0.29) is 6.03 Å². The first-order chi connectivity index (χ1) is 11.1. The SMILES string of the molecule is O=C(NCC1(O)CCC1)Nc1cccc(N2CCCCCC2)c1. The number of aliphatic hydroxyl groups is 1. The fourth-order valence-corrected chi connectivity index (χ4v) is 3.29. The zero-order valence-corrected chi connectivity index (χ0v) is 13.7. The molecule has 1 saturated heterocycles. The second kappa shape index (κ2) is 7.21. The Hall–Kier alpha value is -1.75. The van der Waals surface area contributed by atoms with Crippen molar-refractivity contribution in [2.75, 3.05) is 29.9 Å². The molecule has 0 bridgehead atoms. The zero-order chi connectivity index (χ0) is 16.1. The summed E-state index contributed by atoms with van der Waals surface area (Å²) >= 11 is 0. The number of urea groups is 1. The predicted octanol–water partition coefficient (Wildman–Crippen LogP) is 3.10. The van der Waals surface area contributed by atoms with Crippen molar-refractivity contribution < 1.29 is 9.90 Å². The van der Waals surface area contributed by atoms with Crippen LogP contribution in [0.2, 0.25) is 0 Å². The summed E-state index contributed by atoms with van der Waals surface area (Å²) in [7, 11) is 0. The Morgan fingerprint density at radius 1 is 1.13 bits per heavy atom. The fourth-order valence-electron chi connectivity index (χ4n) is 3.29. The van der Waals surface area contributed by atoms with Crippen LogP contribution in [0.3, 0.4) is 0 Å². The quantitative estimate of drug-likeness (QED) is 0.799. The van der Waals surface area contributed by atoms with Crippen LogP contribution >= 0.6 is 0 Å². The van der Waals surface area contributed by atoms with E-state index < -0.39 is 5.60 Å². The molecule has 3 rings (SSSR count). The minimum absolute atomic E-state index is 0.252. The van der Waals surface area contributed by atoms with Gasteiger partial charge < -0.3 is 20.6 Å². The number of nitrogens with one attached hydrogen (secondary N) is 2. The third-order valence-electron chi connectivity index (χ3n) is 4.94. The van der Waals surface area contributed by atoms with Crippen molar-refractivity contribution in [2.45, 2.75) is 50.5 Å². The highest BCUT2D eigenvalue weighted by Crippen LogP contribution is 2.30. The average molecular weight is 317 g/mol. The van der Waals surface area contributed by atoms with E-state index in [4.69, 9.17) is 0 Å². The van der Waals surface area contributed by atoms with Crippen LogP contribution in [-0.4, -0.2) is 36.4 Å². The van der Waals surface area contributed by atoms with Crippen molar-refractivity contribution in [3.05, 3.63) is 24.3 Å². The molecule has 1 saturated carbocycles. The minimum atomic E-state index is -0.689. The first kappa shape index (κ1) is 16.1. The Balaban J connectivity index is 1.55. The molecular formula is C18H27N3O2. The van der Waals surface area contributed by atoms with Crippen LogP contribution in [0.4, 0.5) is 16.2 Å². The van der Waals surface area contributed by atoms with Crippen molar-refractivity contribution in [3.63, 3.8) is 0 Å². The Morgan fingerprint density at radius 2 is 1.87 bits per heavy atom. The molecule has 2 amide bonds. The summed E-state index contributed by atoms with van der Waals surface area (Å²) in [6.07, 6.45) is 7.67. The Kier molecular flexibility index (Phi) is 5.06. The van der Waals surface area contributed by atoms with E-state index >= 15 is 0 Å². The van der Waals surface area contributed by atoms with Crippen molar-refractivity contribution in [2.24, 2.45) is 0 Å². The zero-order valence-electron chi connectivity index (χ0n) is 13.7. The molecule has 1 aromatic carbocycles. The Morgan fingerprint density at radius 3 is 2.52 bits per heavy atom. The van der Waals surface area contributed by atoms with Crippen LogP contribution in [0.1, 0.15) is 44.9 Å². The molecule has 1 aliphatic carbocycles. The maximum Gasteiger partial charge on any atom is 0.319 e. The standard InChI is InChI=1S/C18H27N3O2/c22-17(19-14-18(23)9-6-10-18)20-15-7-5-8-16(13-15)21-11-3-1-2-4-12-21/h5,7-8,13,23H,1-4,6,9-12,14H2,(H2,19,20,22). The monoisotopic (exact) mass is 317 g/mol. The molecule has 5 heteroatoms. The molecule has 0 aromatic heterocycles. The van der Waals surface area contributed by atoms with E-state index in [9.17, 15) is 9.90 Å². The second-order valence-electron chi connectivity index (χ2n) is 6.84. The lowest BCUT2D eigenvalue weighted by molar-refractivity contribution is -0.0287. The maximum absolute atomic E-state index is 12.0. The van der Waals surface area contributed by atoms with E-state index in [0.29, 0.717) is 6.54 Å². The van der Waals surface area contributed by atoms with Crippen LogP contribution in [-0.2, 0) is 0 Å². The van der Waals surface area contributed by atoms with Gasteiger partial charge in [-0.25, -0.2) is 4.79 Å². The molecule has 0 spiro atoms. The van der Waals surface area contributed by atoms with Gasteiger partial charge in [-0.2, -0.15) is 0 Å². The number of carbonyl (C=O) groups is 1. The highest BCUT2D eigenvalue weighted by atomic mass is 16.3. The molecule has 126 valence electrons. The van der Waals surface area contributed by atoms with Gasteiger partial charge >= 0.3 is 6.03 Å². The first-order valence-corrected chi connectivity index (χ1v) is 8.77. The van der Waals surface area contributed by atoms with Crippen molar-refractivity contribution >= 4 is 17.4 Å². The molecule has 0 unspecified atom stereocenters. The molecule has 5 nitrogen and oxygen atoms in total. The molecule has 3 N–H and O–H groups in total. The van der Waals surface area contributed by atoms with Crippen LogP contribution in [0, 0.1) is 0 Å². The summed E-state index contributed by atoms with van der Waals surface area (Å²) in [5.74, 6) is 0. The average Bonchev–Trinajstić information content (AvgIpc) is 2.80. The molecule has 1 aromatic rings. The lowest BCUT2D eigenvalue weighted by Crippen LogP contribution is -2.48. The number of benzene rings is 1. The summed E-state index contributed by atoms with van der Waals surface area (Å²) in [6.45, 7) is 2.50. The number of hydrogen-bond acceptors (Lipinski definition) is 3. The molecule has 2 fully saturated rings. The van der Waals surface area contributed by atoms with Gasteiger partial charge in [-0.1, -0.05) is 18.9 Å². The second-order valence-corrected chi connectivity index (χ2v) is 6.84. The fraction of sp³-hybridized carbons (Fsp3) is 0.611. The number of anilines is 2. The topological polar surface area (TPSA) is 64.6 Å². The van der Waals surface area contributed by atoms with E-state index in [0.717, 1.165) is 38.0 Å². The van der Waals surface area contributed by atoms with Gasteiger partial charge in [-0.05, 0) is 50.3 Å². The molecule has 2 aliphatic rings. The van der Waals surface area contributed by atoms with Gasteiger partial charge in [0, 0.05) is 31.0 Å². The number of amides is 2. The maximum atomic E-state index is 12.0. The predicted molar refractivity (Wildman–Crippen MR) is 92.9 cm³/mol. The number of hydrogen-bond donors (Lipinski definition) is 3. The largest absolute Gasteiger partial charge is 0.388 e. The summed E-state index contributed by atoms with van der Waals surface area (Å²) in [6, 6.07) is 7.77. The lowest BCUT2D eigenvalue weighted by atomic mass is 9.80. The first-order valence-electron chi connectivity index (χ1n) is 8.77. The molecule has 1 heterocycles. The van der Waals surface area contributed by atoms with Gasteiger partial charge in [0.1, 0.15) is 0 Å². The van der Waals surface area contributed by atoms with Crippen LogP contribution < -0.4 is 15.5 Å². The number of carbonyl (C=O) groups excluding carboxylic acids is 1. The number of rotatable bonds is 4. The third kappa shape index (κ3) is 4.38. The van der Waals surface area contributed by atoms with E-state index in [1.165, 1.54) is 31.4 Å². The minimum Gasteiger partial charge on any atom is -0.388 e. The van der Waals surface area contributed by atoms with Crippen LogP contribution in [0.5, 0.6) is 0 Å². The number of nitrogens with zero attached hydrogens (tertiary/aromatic N) is 1. The van der Waals surface area contributed by atoms with Gasteiger partial charge in [0.15, 0.2) is 0 Å². The van der Waals surface area contributed by atoms with Gasteiger partial charge in [0.2, 0.25) is 0 Å². The highest BCUT2D eigenvalue weighted by molar-refractivity contribution is 5.89. The third-order valence-corrected chi connectivity index (χ3v) is 4.94. The van der Waals surface area contributed by atoms with Gasteiger partial charge in [-0.15, -0.1) is 0 Å². The van der Waals surface area contributed by atoms with Crippen molar-refractivity contribution in [1.29, 1.82) is 0 Å². The highest BCUT2D eigenvalue weighted by Gasteiger charge is 2.34. The summed E-state index contributed by atoms with van der Waals surface area (Å²) in [5, 5.41) is 15.7. The Labute approximate surface area is 138 Å². The van der Waals surface area contributed by atoms with Crippen molar-refractivity contribution in [3.8, 4) is 0 Å². The van der Waals surface area contributed by atoms with Crippen LogP contribution in [0.25, 0.3) is 0 Å². The van der Waals surface area contributed by atoms with E-state index in [2.05, 4.69) is 21.6 Å². The van der Waals surface area contributed by atoms with Gasteiger partial charge in [0.25, 0.3) is 0 Å². The smallest absolute Gasteiger partial charge is 0.319 e. The van der Waals surface area contributed by atoms with E-state index in [1.54, 1.807) is 0 Å². The van der Waals surface area contributed by atoms with Crippen molar-refractivity contribution in [1.82, 2.24) is 5.32 Å². The Bertz CT molecular complexity index is 535. The summed E-state index contributed by atoms with van der Waals surface area (Å²) < 4.78 is 0. The molecule has 23 heavy (non-hydrogen) atoms. The molecule has 1 aliphatic heterocycles. The molecule has 0 atom stereocenters. The molecular weight excluding hydrogens is 290 g/mol.